The standard InChI is InChI=1S/C28H50O/c1-19(2)8-6-9-20(3)24-13-14-25-23-12-11-21-18-22(29)10-7-16-27(21,4)26(23)15-17-28(24,25)5/h19-26,29H,6-18H2,1-5H3/t20-,21+,22+,23-,24-,25+,26-,27-,28+/m0/s1. The minimum atomic E-state index is -0.0187. The minimum Gasteiger partial charge on any atom is -0.393 e. The van der Waals surface area contributed by atoms with Gasteiger partial charge in [0.25, 0.3) is 0 Å². The van der Waals surface area contributed by atoms with Crippen LogP contribution >= 0.6 is 0 Å². The van der Waals surface area contributed by atoms with Gasteiger partial charge in [0.15, 0.2) is 0 Å². The highest BCUT2D eigenvalue weighted by Crippen LogP contribution is 2.68. The normalized spacial score (nSPS) is 48.5. The largest absolute Gasteiger partial charge is 0.393 e. The Morgan fingerprint density at radius 1 is 0.828 bits per heavy atom. The summed E-state index contributed by atoms with van der Waals surface area (Å²) in [6.07, 6.45) is 17.9. The molecule has 0 saturated heterocycles. The zero-order valence-electron chi connectivity index (χ0n) is 20.3. The maximum absolute atomic E-state index is 10.4. The molecule has 0 aromatic heterocycles. The molecule has 1 heteroatoms. The monoisotopic (exact) mass is 402 g/mol. The average Bonchev–Trinajstić information content (AvgIpc) is 2.92. The molecule has 1 N–H and O–H groups in total. The van der Waals surface area contributed by atoms with E-state index in [1.54, 1.807) is 0 Å². The predicted octanol–water partition coefficient (Wildman–Crippen LogP) is 7.86. The molecular formula is C28H50O. The molecule has 4 rings (SSSR count). The van der Waals surface area contributed by atoms with Crippen LogP contribution < -0.4 is 0 Å². The molecule has 0 aromatic rings. The first-order chi connectivity index (χ1) is 13.8. The number of hydrogen-bond acceptors (Lipinski definition) is 1. The van der Waals surface area contributed by atoms with Gasteiger partial charge in [0.1, 0.15) is 0 Å². The maximum Gasteiger partial charge on any atom is 0.0543 e. The quantitative estimate of drug-likeness (QED) is 0.496. The van der Waals surface area contributed by atoms with E-state index in [9.17, 15) is 5.11 Å². The molecule has 4 fully saturated rings. The second-order valence-electron chi connectivity index (χ2n) is 13.0. The summed E-state index contributed by atoms with van der Waals surface area (Å²) in [5.74, 6) is 6.46. The number of aliphatic hydroxyl groups excluding tert-OH is 1. The predicted molar refractivity (Wildman–Crippen MR) is 124 cm³/mol. The van der Waals surface area contributed by atoms with Crippen molar-refractivity contribution in [3.05, 3.63) is 0 Å². The molecule has 29 heavy (non-hydrogen) atoms. The molecule has 9 atom stereocenters. The molecule has 0 amide bonds. The van der Waals surface area contributed by atoms with Gasteiger partial charge in [-0.2, -0.15) is 0 Å². The van der Waals surface area contributed by atoms with Crippen LogP contribution in [-0.4, -0.2) is 11.2 Å². The van der Waals surface area contributed by atoms with Crippen LogP contribution in [0.3, 0.4) is 0 Å². The van der Waals surface area contributed by atoms with E-state index in [2.05, 4.69) is 34.6 Å². The highest BCUT2D eigenvalue weighted by Gasteiger charge is 2.60. The van der Waals surface area contributed by atoms with Gasteiger partial charge < -0.3 is 5.11 Å². The Labute approximate surface area is 181 Å². The first-order valence-corrected chi connectivity index (χ1v) is 13.4. The fraction of sp³-hybridized carbons (Fsp3) is 1.00. The van der Waals surface area contributed by atoms with Crippen LogP contribution in [-0.2, 0) is 0 Å². The van der Waals surface area contributed by atoms with Gasteiger partial charge in [0.05, 0.1) is 6.10 Å². The van der Waals surface area contributed by atoms with Crippen molar-refractivity contribution in [1.82, 2.24) is 0 Å². The van der Waals surface area contributed by atoms with E-state index < -0.39 is 0 Å². The molecule has 1 nitrogen and oxygen atoms in total. The molecule has 0 aliphatic heterocycles. The Hall–Kier alpha value is -0.0400. The molecule has 4 saturated carbocycles. The lowest BCUT2D eigenvalue weighted by atomic mass is 9.46. The van der Waals surface area contributed by atoms with Gasteiger partial charge in [-0.3, -0.25) is 0 Å². The van der Waals surface area contributed by atoms with Gasteiger partial charge in [-0.25, -0.2) is 0 Å². The van der Waals surface area contributed by atoms with E-state index in [1.807, 2.05) is 0 Å². The lowest BCUT2D eigenvalue weighted by Crippen LogP contribution is -2.52. The molecule has 4 aliphatic carbocycles. The maximum atomic E-state index is 10.4. The Bertz CT molecular complexity index is 555. The van der Waals surface area contributed by atoms with E-state index in [-0.39, 0.29) is 6.10 Å². The third kappa shape index (κ3) is 3.96. The number of rotatable bonds is 5. The van der Waals surface area contributed by atoms with Crippen LogP contribution in [0.5, 0.6) is 0 Å². The minimum absolute atomic E-state index is 0.0187. The molecule has 0 unspecified atom stereocenters. The van der Waals surface area contributed by atoms with Gasteiger partial charge in [0.2, 0.25) is 0 Å². The van der Waals surface area contributed by atoms with Crippen LogP contribution in [0.1, 0.15) is 118 Å². The summed E-state index contributed by atoms with van der Waals surface area (Å²) >= 11 is 0. The topological polar surface area (TPSA) is 20.2 Å². The molecule has 0 heterocycles. The van der Waals surface area contributed by atoms with Crippen molar-refractivity contribution in [3.8, 4) is 0 Å². The summed E-state index contributed by atoms with van der Waals surface area (Å²) in [4.78, 5) is 0. The van der Waals surface area contributed by atoms with Crippen molar-refractivity contribution in [2.24, 2.45) is 52.3 Å². The second-order valence-corrected chi connectivity index (χ2v) is 13.0. The SMILES string of the molecule is CC(C)CCC[C@H](C)[C@@H]1CC[C@@H]2[C@@H]3CC[C@@H]4C[C@H](O)CCC[C@]4(C)[C@H]3CC[C@@]21C. The Kier molecular flexibility index (Phi) is 6.48. The van der Waals surface area contributed by atoms with E-state index in [0.29, 0.717) is 10.8 Å². The third-order valence-corrected chi connectivity index (χ3v) is 11.1. The summed E-state index contributed by atoms with van der Waals surface area (Å²) in [6, 6.07) is 0. The summed E-state index contributed by atoms with van der Waals surface area (Å²) < 4.78 is 0. The van der Waals surface area contributed by atoms with Crippen LogP contribution in [0.15, 0.2) is 0 Å². The van der Waals surface area contributed by atoms with Crippen molar-refractivity contribution in [3.63, 3.8) is 0 Å². The molecule has 0 radical (unpaired) electrons. The van der Waals surface area contributed by atoms with Crippen molar-refractivity contribution >= 4 is 0 Å². The molecular weight excluding hydrogens is 352 g/mol. The Morgan fingerprint density at radius 3 is 2.34 bits per heavy atom. The van der Waals surface area contributed by atoms with Crippen LogP contribution in [0, 0.1) is 52.3 Å². The van der Waals surface area contributed by atoms with E-state index in [0.717, 1.165) is 54.3 Å². The first-order valence-electron chi connectivity index (χ1n) is 13.4. The van der Waals surface area contributed by atoms with Gasteiger partial charge in [0, 0.05) is 0 Å². The highest BCUT2D eigenvalue weighted by atomic mass is 16.3. The second kappa shape index (κ2) is 8.48. The van der Waals surface area contributed by atoms with Crippen molar-refractivity contribution < 1.29 is 5.11 Å². The van der Waals surface area contributed by atoms with Crippen LogP contribution in [0.2, 0.25) is 0 Å². The van der Waals surface area contributed by atoms with E-state index >= 15 is 0 Å². The Balaban J connectivity index is 1.47. The molecule has 0 aromatic carbocycles. The molecule has 0 spiro atoms. The van der Waals surface area contributed by atoms with Crippen molar-refractivity contribution in [2.75, 3.05) is 0 Å². The summed E-state index contributed by atoms with van der Waals surface area (Å²) in [7, 11) is 0. The van der Waals surface area contributed by atoms with Crippen molar-refractivity contribution in [2.45, 2.75) is 124 Å². The fourth-order valence-corrected chi connectivity index (χ4v) is 9.50. The lowest BCUT2D eigenvalue weighted by molar-refractivity contribution is -0.106. The van der Waals surface area contributed by atoms with Crippen molar-refractivity contribution in [1.29, 1.82) is 0 Å². The van der Waals surface area contributed by atoms with Gasteiger partial charge in [-0.15, -0.1) is 0 Å². The zero-order valence-corrected chi connectivity index (χ0v) is 20.3. The number of fused-ring (bicyclic) bond motifs is 5. The number of aliphatic hydroxyl groups is 1. The van der Waals surface area contributed by atoms with Gasteiger partial charge in [-0.05, 0) is 110 Å². The van der Waals surface area contributed by atoms with Gasteiger partial charge >= 0.3 is 0 Å². The fourth-order valence-electron chi connectivity index (χ4n) is 9.50. The van der Waals surface area contributed by atoms with Gasteiger partial charge in [-0.1, -0.05) is 60.3 Å². The van der Waals surface area contributed by atoms with Crippen LogP contribution in [0.25, 0.3) is 0 Å². The lowest BCUT2D eigenvalue weighted by Gasteiger charge is -2.59. The number of hydrogen-bond donors (Lipinski definition) is 1. The zero-order chi connectivity index (χ0) is 20.8. The first kappa shape index (κ1) is 22.2. The van der Waals surface area contributed by atoms with E-state index in [4.69, 9.17) is 0 Å². The van der Waals surface area contributed by atoms with Crippen LogP contribution in [0.4, 0.5) is 0 Å². The summed E-state index contributed by atoms with van der Waals surface area (Å²) in [5.41, 5.74) is 1.13. The smallest absolute Gasteiger partial charge is 0.0543 e. The summed E-state index contributed by atoms with van der Waals surface area (Å²) in [6.45, 7) is 12.7. The highest BCUT2D eigenvalue weighted by molar-refractivity contribution is 5.09. The van der Waals surface area contributed by atoms with E-state index in [1.165, 1.54) is 70.6 Å². The molecule has 4 aliphatic rings. The third-order valence-electron chi connectivity index (χ3n) is 11.1. The average molecular weight is 403 g/mol. The molecule has 168 valence electrons. The molecule has 0 bridgehead atoms. The Morgan fingerprint density at radius 2 is 1.59 bits per heavy atom. The summed E-state index contributed by atoms with van der Waals surface area (Å²) in [5, 5.41) is 10.4.